The minimum absolute atomic E-state index is 0.240. The fourth-order valence-corrected chi connectivity index (χ4v) is 4.10. The van der Waals surface area contributed by atoms with Crippen molar-refractivity contribution < 1.29 is 19.5 Å². The lowest BCUT2D eigenvalue weighted by Gasteiger charge is -2.28. The Hall–Kier alpha value is -3.45. The fraction of sp³-hybridized carbons (Fsp3) is 0.320. The number of carboxylic acids is 1. The van der Waals surface area contributed by atoms with Crippen LogP contribution in [0.3, 0.4) is 0 Å². The van der Waals surface area contributed by atoms with Crippen molar-refractivity contribution in [3.63, 3.8) is 0 Å². The van der Waals surface area contributed by atoms with Gasteiger partial charge in [-0.3, -0.25) is 14.4 Å². The van der Waals surface area contributed by atoms with E-state index in [0.29, 0.717) is 18.7 Å². The van der Waals surface area contributed by atoms with Crippen LogP contribution < -0.4 is 11.5 Å². The average Bonchev–Trinajstić information content (AvgIpc) is 3.08. The Morgan fingerprint density at radius 3 is 2.47 bits per heavy atom. The van der Waals surface area contributed by atoms with Crippen molar-refractivity contribution in [2.45, 2.75) is 37.8 Å². The van der Waals surface area contributed by atoms with Crippen LogP contribution in [0.25, 0.3) is 6.08 Å². The van der Waals surface area contributed by atoms with Gasteiger partial charge in [-0.15, -0.1) is 0 Å². The van der Waals surface area contributed by atoms with Gasteiger partial charge in [0, 0.05) is 12.2 Å². The first-order chi connectivity index (χ1) is 15.3. The highest BCUT2D eigenvalue weighted by molar-refractivity contribution is 5.99. The normalized spacial score (nSPS) is 19.4. The molecule has 1 aliphatic rings. The molecule has 0 saturated carbocycles. The molecule has 0 aliphatic carbocycles. The first-order valence-corrected chi connectivity index (χ1v) is 10.7. The van der Waals surface area contributed by atoms with E-state index in [0.717, 1.165) is 17.5 Å². The van der Waals surface area contributed by atoms with Crippen molar-refractivity contribution in [3.8, 4) is 0 Å². The minimum Gasteiger partial charge on any atom is -0.481 e. The molecular formula is C25H29N3O4. The first kappa shape index (κ1) is 23.2. The van der Waals surface area contributed by atoms with Crippen LogP contribution in [-0.4, -0.2) is 46.3 Å². The number of anilines is 1. The van der Waals surface area contributed by atoms with Crippen LogP contribution in [0.15, 0.2) is 60.7 Å². The molecule has 1 aliphatic heterocycles. The molecule has 168 valence electrons. The van der Waals surface area contributed by atoms with Crippen LogP contribution in [0.1, 0.15) is 30.4 Å². The highest BCUT2D eigenvalue weighted by Crippen LogP contribution is 2.30. The highest BCUT2D eigenvalue weighted by Gasteiger charge is 2.44. The minimum atomic E-state index is -1.03. The molecule has 0 aromatic heterocycles. The molecule has 3 atom stereocenters. The Balaban J connectivity index is 1.68. The number of amides is 1. The van der Waals surface area contributed by atoms with Crippen LogP contribution in [0.5, 0.6) is 0 Å². The third-order valence-corrected chi connectivity index (χ3v) is 5.81. The molecule has 1 unspecified atom stereocenters. The second-order valence-electron chi connectivity index (χ2n) is 8.15. The maximum atomic E-state index is 12.9. The number of aliphatic carboxylic acids is 1. The second-order valence-corrected chi connectivity index (χ2v) is 8.15. The smallest absolute Gasteiger partial charge is 0.304 e. The van der Waals surface area contributed by atoms with E-state index < -0.39 is 24.0 Å². The van der Waals surface area contributed by atoms with Crippen LogP contribution >= 0.6 is 0 Å². The number of carbonyl (C=O) groups is 3. The van der Waals surface area contributed by atoms with Gasteiger partial charge in [-0.05, 0) is 48.6 Å². The molecule has 7 nitrogen and oxygen atoms in total. The van der Waals surface area contributed by atoms with Gasteiger partial charge in [0.2, 0.25) is 5.91 Å². The number of nitrogen functional groups attached to an aromatic ring is 1. The Morgan fingerprint density at radius 1 is 1.12 bits per heavy atom. The number of benzene rings is 2. The molecule has 1 heterocycles. The van der Waals surface area contributed by atoms with Gasteiger partial charge in [-0.1, -0.05) is 48.5 Å². The lowest BCUT2D eigenvalue weighted by molar-refractivity contribution is -0.142. The number of likely N-dealkylation sites (tertiary alicyclic amines) is 1. The lowest BCUT2D eigenvalue weighted by atomic mass is 9.95. The summed E-state index contributed by atoms with van der Waals surface area (Å²) in [6, 6.07) is 15.5. The second kappa shape index (κ2) is 10.7. The Bertz CT molecular complexity index is 972. The maximum Gasteiger partial charge on any atom is 0.304 e. The molecule has 2 aromatic rings. The van der Waals surface area contributed by atoms with Crippen molar-refractivity contribution in [3.05, 3.63) is 71.8 Å². The highest BCUT2D eigenvalue weighted by atomic mass is 16.4. The summed E-state index contributed by atoms with van der Waals surface area (Å²) in [5.41, 5.74) is 14.6. The SMILES string of the molecule is Nc1ccc(/C=C/C(=O)C(N)[C@@H]2C[C@@H](CC(=O)O)C(=O)N2CCCc2ccccc2)cc1. The van der Waals surface area contributed by atoms with Gasteiger partial charge in [0.25, 0.3) is 0 Å². The predicted octanol–water partition coefficient (Wildman–Crippen LogP) is 2.50. The van der Waals surface area contributed by atoms with Gasteiger partial charge in [-0.2, -0.15) is 0 Å². The predicted molar refractivity (Wildman–Crippen MR) is 123 cm³/mol. The Morgan fingerprint density at radius 2 is 1.81 bits per heavy atom. The molecule has 0 spiro atoms. The fourth-order valence-electron chi connectivity index (χ4n) is 4.10. The summed E-state index contributed by atoms with van der Waals surface area (Å²) < 4.78 is 0. The average molecular weight is 436 g/mol. The number of hydrogen-bond donors (Lipinski definition) is 3. The third-order valence-electron chi connectivity index (χ3n) is 5.81. The maximum absolute atomic E-state index is 12.9. The summed E-state index contributed by atoms with van der Waals surface area (Å²) in [7, 11) is 0. The van der Waals surface area contributed by atoms with E-state index in [1.54, 1.807) is 35.2 Å². The summed E-state index contributed by atoms with van der Waals surface area (Å²) in [5.74, 6) is -2.23. The number of nitrogens with two attached hydrogens (primary N) is 2. The van der Waals surface area contributed by atoms with E-state index in [9.17, 15) is 19.5 Å². The molecule has 0 bridgehead atoms. The van der Waals surface area contributed by atoms with Crippen LogP contribution in [-0.2, 0) is 20.8 Å². The van der Waals surface area contributed by atoms with E-state index in [1.807, 2.05) is 30.3 Å². The van der Waals surface area contributed by atoms with Crippen molar-refractivity contribution >= 4 is 29.4 Å². The van der Waals surface area contributed by atoms with Crippen LogP contribution in [0, 0.1) is 5.92 Å². The molecule has 5 N–H and O–H groups in total. The van der Waals surface area contributed by atoms with Crippen molar-refractivity contribution in [2.75, 3.05) is 12.3 Å². The van der Waals surface area contributed by atoms with Gasteiger partial charge >= 0.3 is 5.97 Å². The van der Waals surface area contributed by atoms with Gasteiger partial charge in [0.1, 0.15) is 0 Å². The number of carbonyl (C=O) groups excluding carboxylic acids is 2. The van der Waals surface area contributed by atoms with E-state index >= 15 is 0 Å². The number of ketones is 1. The number of nitrogens with zero attached hydrogens (tertiary/aromatic N) is 1. The summed E-state index contributed by atoms with van der Waals surface area (Å²) in [4.78, 5) is 38.5. The Labute approximate surface area is 187 Å². The van der Waals surface area contributed by atoms with Gasteiger partial charge < -0.3 is 21.5 Å². The number of hydrogen-bond acceptors (Lipinski definition) is 5. The molecule has 1 saturated heterocycles. The topological polar surface area (TPSA) is 127 Å². The molecular weight excluding hydrogens is 406 g/mol. The summed E-state index contributed by atoms with van der Waals surface area (Å²) in [5, 5.41) is 9.18. The van der Waals surface area contributed by atoms with E-state index in [4.69, 9.17) is 11.5 Å². The van der Waals surface area contributed by atoms with Gasteiger partial charge in [0.15, 0.2) is 5.78 Å². The number of rotatable bonds is 10. The molecule has 1 fully saturated rings. The van der Waals surface area contributed by atoms with Crippen molar-refractivity contribution in [2.24, 2.45) is 11.7 Å². The molecule has 32 heavy (non-hydrogen) atoms. The molecule has 2 aromatic carbocycles. The zero-order chi connectivity index (χ0) is 23.1. The number of aryl methyl sites for hydroxylation is 1. The molecule has 0 radical (unpaired) electrons. The summed E-state index contributed by atoms with van der Waals surface area (Å²) >= 11 is 0. The lowest BCUT2D eigenvalue weighted by Crippen LogP contribution is -2.49. The largest absolute Gasteiger partial charge is 0.481 e. The summed E-state index contributed by atoms with van der Waals surface area (Å²) in [6.07, 6.45) is 4.56. The van der Waals surface area contributed by atoms with Crippen molar-refractivity contribution in [1.29, 1.82) is 0 Å². The van der Waals surface area contributed by atoms with Crippen molar-refractivity contribution in [1.82, 2.24) is 4.90 Å². The van der Waals surface area contributed by atoms with E-state index in [1.165, 1.54) is 6.08 Å². The Kier molecular flexibility index (Phi) is 7.78. The third kappa shape index (κ3) is 6.04. The van der Waals surface area contributed by atoms with Gasteiger partial charge in [0.05, 0.1) is 24.4 Å². The summed E-state index contributed by atoms with van der Waals surface area (Å²) in [6.45, 7) is 0.428. The molecule has 3 rings (SSSR count). The molecule has 7 heteroatoms. The van der Waals surface area contributed by atoms with Gasteiger partial charge in [-0.25, -0.2) is 0 Å². The standard InChI is InChI=1S/C25H29N3O4/c26-20-11-8-18(9-12-20)10-13-22(29)24(27)21-15-19(16-23(30)31)25(32)28(21)14-4-7-17-5-2-1-3-6-17/h1-3,5-6,8-13,19,21,24H,4,7,14-16,26-27H2,(H,30,31)/b13-10+/t19-,21-,24?/m0/s1. The van der Waals surface area contributed by atoms with Crippen LogP contribution in [0.2, 0.25) is 0 Å². The number of carboxylic acid groups (broad SMARTS) is 1. The van der Waals surface area contributed by atoms with E-state index in [2.05, 4.69) is 0 Å². The quantitative estimate of drug-likeness (QED) is 0.389. The zero-order valence-corrected chi connectivity index (χ0v) is 17.9. The van der Waals surface area contributed by atoms with Crippen LogP contribution in [0.4, 0.5) is 5.69 Å². The monoisotopic (exact) mass is 435 g/mol. The zero-order valence-electron chi connectivity index (χ0n) is 17.9. The first-order valence-electron chi connectivity index (χ1n) is 10.7. The van der Waals surface area contributed by atoms with E-state index in [-0.39, 0.29) is 24.5 Å². The molecule has 1 amide bonds.